The third-order valence-electron chi connectivity index (χ3n) is 9.89. The number of nitrogens with two attached hydrogens (primary N) is 4. The van der Waals surface area contributed by atoms with Crippen molar-refractivity contribution in [2.45, 2.75) is 134 Å². The summed E-state index contributed by atoms with van der Waals surface area (Å²) in [5, 5.41) is 39.7. The van der Waals surface area contributed by atoms with Crippen LogP contribution in [-0.2, 0) is 43.2 Å². The fourth-order valence-electron chi connectivity index (χ4n) is 6.03. The van der Waals surface area contributed by atoms with Gasteiger partial charge in [-0.15, -0.1) is 0 Å². The second kappa shape index (κ2) is 33.8. The van der Waals surface area contributed by atoms with Crippen LogP contribution in [0.2, 0.25) is 0 Å². The number of unbranched alkanes of at least 4 members (excludes halogenated alkanes) is 1. The molecule has 0 heterocycles. The van der Waals surface area contributed by atoms with Crippen LogP contribution in [0.4, 0.5) is 0 Å². The van der Waals surface area contributed by atoms with E-state index in [-0.39, 0.29) is 68.6 Å². The number of thioether (sulfide) groups is 1. The van der Waals surface area contributed by atoms with E-state index >= 15 is 0 Å². The average molecular weight is 1010 g/mol. The molecule has 24 nitrogen and oxygen atoms in total. The zero-order valence-corrected chi connectivity index (χ0v) is 41.8. The zero-order valence-electron chi connectivity index (χ0n) is 39.2. The van der Waals surface area contributed by atoms with E-state index in [0.29, 0.717) is 18.6 Å². The fourth-order valence-corrected chi connectivity index (χ4v) is 6.91. The van der Waals surface area contributed by atoms with Gasteiger partial charge in [-0.05, 0) is 82.3 Å². The van der Waals surface area contributed by atoms with Crippen molar-refractivity contribution in [2.24, 2.45) is 39.8 Å². The quantitative estimate of drug-likeness (QED) is 0.0126. The zero-order chi connectivity index (χ0) is 51.4. The number of aliphatic imine (C=N–C) groups is 1. The number of thiol groups is 2. The highest BCUT2D eigenvalue weighted by atomic mass is 32.2. The number of rotatable bonds is 34. The maximum Gasteiger partial charge on any atom is 0.327 e. The SMILES string of the molecule is CSCC[C@H](NC(=O)[C@H](CCCCN)NC(=O)[C@H](CO)NC(=O)[C@H](C)NC(=O)[C@@H](N)CS)C(=O)N[C@@H](CCCN=C(N)N)C(=O)N[C@H](C(=O)N[C@@H](CC(C)C)C(=O)N[C@@H](CS)C(=O)O)C(C)C. The van der Waals surface area contributed by atoms with Crippen LogP contribution in [0.15, 0.2) is 4.99 Å². The predicted octanol–water partition coefficient (Wildman–Crippen LogP) is -4.21. The minimum Gasteiger partial charge on any atom is -0.480 e. The molecule has 0 aromatic heterocycles. The molecule has 9 atom stereocenters. The van der Waals surface area contributed by atoms with Gasteiger partial charge < -0.3 is 75.7 Å². The fraction of sp³-hybridized carbons (Fsp3) is 0.750. The number of aliphatic carboxylic acids is 1. The number of hydrogen-bond donors (Lipinski definition) is 16. The highest BCUT2D eigenvalue weighted by Crippen LogP contribution is 2.12. The minimum absolute atomic E-state index is 0.00588. The van der Waals surface area contributed by atoms with Crippen LogP contribution in [0.25, 0.3) is 0 Å². The van der Waals surface area contributed by atoms with Crippen LogP contribution in [0.3, 0.4) is 0 Å². The van der Waals surface area contributed by atoms with Gasteiger partial charge in [0.25, 0.3) is 0 Å². The first kappa shape index (κ1) is 62.4. The molecular weight excluding hydrogens is 935 g/mol. The highest BCUT2D eigenvalue weighted by molar-refractivity contribution is 7.98. The molecule has 18 N–H and O–H groups in total. The summed E-state index contributed by atoms with van der Waals surface area (Å²) in [5.41, 5.74) is 22.3. The van der Waals surface area contributed by atoms with Gasteiger partial charge in [0.15, 0.2) is 5.96 Å². The Morgan fingerprint density at radius 3 is 1.54 bits per heavy atom. The smallest absolute Gasteiger partial charge is 0.327 e. The summed E-state index contributed by atoms with van der Waals surface area (Å²) in [6.07, 6.45) is 2.95. The molecular formula is C40H75N13O11S3. The molecule has 0 aliphatic rings. The van der Waals surface area contributed by atoms with E-state index in [2.05, 4.69) is 72.8 Å². The predicted molar refractivity (Wildman–Crippen MR) is 262 cm³/mol. The third-order valence-corrected chi connectivity index (χ3v) is 11.3. The molecule has 384 valence electrons. The number of amides is 8. The molecule has 0 radical (unpaired) electrons. The van der Waals surface area contributed by atoms with E-state index in [0.717, 1.165) is 0 Å². The molecule has 0 saturated heterocycles. The van der Waals surface area contributed by atoms with E-state index in [1.807, 2.05) is 0 Å². The number of aliphatic hydroxyl groups excluding tert-OH is 1. The second-order valence-corrected chi connectivity index (χ2v) is 18.2. The molecule has 0 fully saturated rings. The first-order valence-electron chi connectivity index (χ1n) is 22.0. The summed E-state index contributed by atoms with van der Waals surface area (Å²) >= 11 is 9.30. The number of nitrogens with one attached hydrogen (secondary N) is 8. The number of carboxylic acid groups (broad SMARTS) is 1. The lowest BCUT2D eigenvalue weighted by molar-refractivity contribution is -0.141. The van der Waals surface area contributed by atoms with Crippen LogP contribution in [0, 0.1) is 11.8 Å². The van der Waals surface area contributed by atoms with E-state index in [4.69, 9.17) is 22.9 Å². The Labute approximate surface area is 407 Å². The summed E-state index contributed by atoms with van der Waals surface area (Å²) in [6, 6.07) is -11.3. The van der Waals surface area contributed by atoms with Crippen LogP contribution < -0.4 is 65.5 Å². The number of hydrogen-bond acceptors (Lipinski definition) is 16. The first-order valence-corrected chi connectivity index (χ1v) is 24.6. The van der Waals surface area contributed by atoms with Crippen molar-refractivity contribution in [2.75, 3.05) is 43.2 Å². The number of guanidine groups is 1. The Kier molecular flexibility index (Phi) is 31.5. The van der Waals surface area contributed by atoms with Gasteiger partial charge in [0, 0.05) is 18.1 Å². The minimum atomic E-state index is -1.55. The molecule has 0 aromatic rings. The summed E-state index contributed by atoms with van der Waals surface area (Å²) in [5.74, 6) is -8.38. The van der Waals surface area contributed by atoms with Gasteiger partial charge >= 0.3 is 5.97 Å². The van der Waals surface area contributed by atoms with Gasteiger partial charge in [-0.25, -0.2) is 4.79 Å². The average Bonchev–Trinajstić information content (AvgIpc) is 3.26. The van der Waals surface area contributed by atoms with E-state index in [1.165, 1.54) is 18.7 Å². The monoisotopic (exact) mass is 1010 g/mol. The molecule has 0 unspecified atom stereocenters. The molecule has 0 spiro atoms. The van der Waals surface area contributed by atoms with Gasteiger partial charge in [0.2, 0.25) is 47.3 Å². The Hall–Kier alpha value is -4.57. The van der Waals surface area contributed by atoms with Gasteiger partial charge in [-0.1, -0.05) is 27.7 Å². The van der Waals surface area contributed by atoms with Crippen molar-refractivity contribution < 1.29 is 53.4 Å². The second-order valence-electron chi connectivity index (χ2n) is 16.5. The molecule has 0 aromatic carbocycles. The van der Waals surface area contributed by atoms with Gasteiger partial charge in [0.05, 0.1) is 12.6 Å². The van der Waals surface area contributed by atoms with E-state index in [9.17, 15) is 53.4 Å². The van der Waals surface area contributed by atoms with Crippen LogP contribution in [0.1, 0.15) is 79.6 Å². The largest absolute Gasteiger partial charge is 0.480 e. The lowest BCUT2D eigenvalue weighted by Crippen LogP contribution is -2.61. The molecule has 8 amide bonds. The third kappa shape index (κ3) is 24.9. The topological polar surface area (TPSA) is 407 Å². The van der Waals surface area contributed by atoms with E-state index in [1.54, 1.807) is 34.0 Å². The van der Waals surface area contributed by atoms with Crippen molar-refractivity contribution in [1.82, 2.24) is 42.5 Å². The summed E-state index contributed by atoms with van der Waals surface area (Å²) in [7, 11) is 0. The number of carbonyl (C=O) groups is 9. The summed E-state index contributed by atoms with van der Waals surface area (Å²) in [6.45, 7) is 7.68. The Bertz CT molecular complexity index is 1660. The maximum absolute atomic E-state index is 14.1. The van der Waals surface area contributed by atoms with Crippen LogP contribution >= 0.6 is 37.0 Å². The van der Waals surface area contributed by atoms with Crippen LogP contribution in [0.5, 0.6) is 0 Å². The first-order chi connectivity index (χ1) is 31.5. The lowest BCUT2D eigenvalue weighted by Gasteiger charge is -2.29. The standard InChI is InChI=1S/C40H75N13O11S3/c1-20(2)16-27(36(60)52-29(19-66)39(63)64)50-38(62)30(21(3)4)53-35(59)25(11-9-14-45-40(43)44)47-34(58)26(12-15-67-6)49-33(57)24(10-7-8-13-41)48-37(61)28(17-54)51-31(55)22(5)46-32(56)23(42)18-65/h20-30,54,65-66H,7-19,41-42H2,1-6H3,(H,46,56)(H,47,58)(H,48,61)(H,49,57)(H,50,62)(H,51,55)(H,52,60)(H,53,59)(H,63,64)(H4,43,44,45)/t22-,23-,24-,25-,26-,27-,28-,29-,30-/m0/s1. The number of nitrogens with zero attached hydrogens (tertiary/aromatic N) is 1. The van der Waals surface area contributed by atoms with Crippen molar-refractivity contribution in [3.63, 3.8) is 0 Å². The molecule has 67 heavy (non-hydrogen) atoms. The van der Waals surface area contributed by atoms with Gasteiger partial charge in [-0.2, -0.15) is 37.0 Å². The maximum atomic E-state index is 14.1. The Balaban J connectivity index is 6.55. The number of aliphatic hydroxyl groups is 1. The summed E-state index contributed by atoms with van der Waals surface area (Å²) in [4.78, 5) is 123. The lowest BCUT2D eigenvalue weighted by atomic mass is 9.99. The van der Waals surface area contributed by atoms with Crippen molar-refractivity contribution >= 4 is 96.2 Å². The molecule has 0 aliphatic heterocycles. The number of carboxylic acids is 1. The molecule has 27 heteroatoms. The normalized spacial score (nSPS) is 15.2. The molecule has 0 saturated carbocycles. The van der Waals surface area contributed by atoms with Crippen molar-refractivity contribution in [3.8, 4) is 0 Å². The van der Waals surface area contributed by atoms with Crippen molar-refractivity contribution in [1.29, 1.82) is 0 Å². The van der Waals surface area contributed by atoms with Crippen LogP contribution in [-0.4, -0.2) is 167 Å². The highest BCUT2D eigenvalue weighted by Gasteiger charge is 2.35. The summed E-state index contributed by atoms with van der Waals surface area (Å²) < 4.78 is 0. The molecule has 0 aliphatic carbocycles. The molecule has 0 rings (SSSR count). The van der Waals surface area contributed by atoms with Gasteiger partial charge in [0.1, 0.15) is 48.3 Å². The Morgan fingerprint density at radius 2 is 1.07 bits per heavy atom. The number of carbonyl (C=O) groups excluding carboxylic acids is 8. The van der Waals surface area contributed by atoms with E-state index < -0.39 is 120 Å². The Morgan fingerprint density at radius 1 is 0.597 bits per heavy atom. The van der Waals surface area contributed by atoms with Crippen molar-refractivity contribution in [3.05, 3.63) is 0 Å². The molecule has 0 bridgehead atoms. The van der Waals surface area contributed by atoms with Gasteiger partial charge in [-0.3, -0.25) is 43.3 Å².